The average Bonchev–Trinajstić information content (AvgIpc) is 3.19. The van der Waals surface area contributed by atoms with Crippen molar-refractivity contribution in [2.24, 2.45) is 0 Å². The standard InChI is InChI=1S/C29H29ClN2O2/c30-24-10-5-11-25-27(24)23-17-29(34)19-32(14-12-20-6-2-1-3-7-20)15-13-28(29,18-26(23)31-25)21-8-4-9-22(33)16-21/h1-11,16,31,33-34H,12-15,17-19H2/t28-,29-/m0/s1. The van der Waals surface area contributed by atoms with Crippen LogP contribution in [0.25, 0.3) is 10.9 Å². The molecule has 3 N–H and O–H groups in total. The van der Waals surface area contributed by atoms with Crippen molar-refractivity contribution in [2.45, 2.75) is 36.7 Å². The third kappa shape index (κ3) is 3.44. The van der Waals surface area contributed by atoms with Crippen LogP contribution in [-0.4, -0.2) is 45.3 Å². The minimum Gasteiger partial charge on any atom is -0.508 e. The van der Waals surface area contributed by atoms with Crippen molar-refractivity contribution in [2.75, 3.05) is 19.6 Å². The lowest BCUT2D eigenvalue weighted by molar-refractivity contribution is -0.102. The number of halogens is 1. The van der Waals surface area contributed by atoms with Gasteiger partial charge < -0.3 is 20.1 Å². The number of piperidine rings is 1. The highest BCUT2D eigenvalue weighted by molar-refractivity contribution is 6.35. The molecule has 2 aliphatic rings. The zero-order valence-corrected chi connectivity index (χ0v) is 19.9. The number of nitrogens with one attached hydrogen (secondary N) is 1. The van der Waals surface area contributed by atoms with E-state index in [0.29, 0.717) is 19.4 Å². The Morgan fingerprint density at radius 1 is 0.971 bits per heavy atom. The number of aliphatic hydroxyl groups is 1. The molecule has 1 saturated heterocycles. The van der Waals surface area contributed by atoms with Gasteiger partial charge in [-0.2, -0.15) is 0 Å². The Bertz CT molecular complexity index is 1350. The molecule has 0 spiro atoms. The van der Waals surface area contributed by atoms with E-state index in [4.69, 9.17) is 11.6 Å². The highest BCUT2D eigenvalue weighted by atomic mass is 35.5. The smallest absolute Gasteiger partial charge is 0.115 e. The van der Waals surface area contributed by atoms with Crippen molar-refractivity contribution in [3.63, 3.8) is 0 Å². The van der Waals surface area contributed by atoms with Crippen molar-refractivity contribution in [1.82, 2.24) is 9.88 Å². The van der Waals surface area contributed by atoms with Gasteiger partial charge in [0.05, 0.1) is 10.6 Å². The largest absolute Gasteiger partial charge is 0.508 e. The molecule has 0 unspecified atom stereocenters. The molecule has 1 aliphatic heterocycles. The lowest BCUT2D eigenvalue weighted by Crippen LogP contribution is -2.66. The average molecular weight is 473 g/mol. The van der Waals surface area contributed by atoms with Crippen molar-refractivity contribution >= 4 is 22.5 Å². The van der Waals surface area contributed by atoms with Gasteiger partial charge in [-0.1, -0.05) is 60.1 Å². The van der Waals surface area contributed by atoms with E-state index in [2.05, 4.69) is 46.3 Å². The van der Waals surface area contributed by atoms with Crippen molar-refractivity contribution in [3.05, 3.63) is 100 Å². The third-order valence-corrected chi connectivity index (χ3v) is 8.42. The summed E-state index contributed by atoms with van der Waals surface area (Å²) in [7, 11) is 0. The number of rotatable bonds is 4. The van der Waals surface area contributed by atoms with Crippen molar-refractivity contribution < 1.29 is 10.2 Å². The number of aromatic hydroxyl groups is 1. The molecule has 0 amide bonds. The van der Waals surface area contributed by atoms with E-state index in [-0.39, 0.29) is 5.75 Å². The molecule has 2 heterocycles. The summed E-state index contributed by atoms with van der Waals surface area (Å²) in [6.07, 6.45) is 3.01. The second-order valence-electron chi connectivity index (χ2n) is 10.0. The first kappa shape index (κ1) is 21.7. The number of aromatic nitrogens is 1. The van der Waals surface area contributed by atoms with Gasteiger partial charge in [0, 0.05) is 47.9 Å². The lowest BCUT2D eigenvalue weighted by Gasteiger charge is -2.56. The van der Waals surface area contributed by atoms with E-state index >= 15 is 0 Å². The number of H-pyrrole nitrogens is 1. The summed E-state index contributed by atoms with van der Waals surface area (Å²) in [4.78, 5) is 6.00. The maximum atomic E-state index is 12.5. The van der Waals surface area contributed by atoms with Gasteiger partial charge in [0.1, 0.15) is 5.75 Å². The van der Waals surface area contributed by atoms with Crippen molar-refractivity contribution in [1.29, 1.82) is 0 Å². The van der Waals surface area contributed by atoms with Crippen LogP contribution in [0.5, 0.6) is 5.75 Å². The quantitative estimate of drug-likeness (QED) is 0.380. The molecule has 34 heavy (non-hydrogen) atoms. The molecule has 4 aromatic rings. The minimum absolute atomic E-state index is 0.242. The summed E-state index contributed by atoms with van der Waals surface area (Å²) in [5, 5.41) is 24.5. The van der Waals surface area contributed by atoms with E-state index in [1.807, 2.05) is 30.3 Å². The monoisotopic (exact) mass is 472 g/mol. The van der Waals surface area contributed by atoms with Crippen molar-refractivity contribution in [3.8, 4) is 5.75 Å². The van der Waals surface area contributed by atoms with Crippen LogP contribution < -0.4 is 0 Å². The highest BCUT2D eigenvalue weighted by Gasteiger charge is 2.57. The number of β-amino-alcohol motifs (C(OH)–C–C–N with tert-alkyl or cyclic N) is 1. The molecule has 1 fully saturated rings. The molecule has 1 aliphatic carbocycles. The number of phenols is 1. The second kappa shape index (κ2) is 8.16. The number of aromatic amines is 1. The van der Waals surface area contributed by atoms with Crippen LogP contribution in [0.1, 0.15) is 28.8 Å². The van der Waals surface area contributed by atoms with E-state index in [9.17, 15) is 10.2 Å². The predicted octanol–water partition coefficient (Wildman–Crippen LogP) is 5.24. The third-order valence-electron chi connectivity index (χ3n) is 8.10. The first-order valence-electron chi connectivity index (χ1n) is 12.0. The maximum Gasteiger partial charge on any atom is 0.115 e. The fourth-order valence-electron chi connectivity index (χ4n) is 6.37. The topological polar surface area (TPSA) is 59.5 Å². The van der Waals surface area contributed by atoms with Gasteiger partial charge >= 0.3 is 0 Å². The number of likely N-dealkylation sites (tertiary alicyclic amines) is 1. The molecule has 0 saturated carbocycles. The fourth-order valence-corrected chi connectivity index (χ4v) is 6.65. The zero-order valence-electron chi connectivity index (χ0n) is 19.1. The Kier molecular flexibility index (Phi) is 5.21. The summed E-state index contributed by atoms with van der Waals surface area (Å²) in [5.74, 6) is 0.242. The summed E-state index contributed by atoms with van der Waals surface area (Å²) < 4.78 is 0. The number of hydrogen-bond acceptors (Lipinski definition) is 3. The number of benzene rings is 3. The molecule has 3 aromatic carbocycles. The highest BCUT2D eigenvalue weighted by Crippen LogP contribution is 2.52. The van der Waals surface area contributed by atoms with Gasteiger partial charge in [-0.15, -0.1) is 0 Å². The molecular formula is C29H29ClN2O2. The van der Waals surface area contributed by atoms with Gasteiger partial charge in [0.25, 0.3) is 0 Å². The van der Waals surface area contributed by atoms with Crippen LogP contribution in [0.15, 0.2) is 72.8 Å². The molecule has 0 bridgehead atoms. The Hall–Kier alpha value is -2.79. The minimum atomic E-state index is -0.975. The van der Waals surface area contributed by atoms with Gasteiger partial charge in [-0.3, -0.25) is 0 Å². The SMILES string of the molecule is Oc1cccc([C@@]23CCN(CCc4ccccc4)C[C@@]2(O)Cc2c([nH]c4cccc(Cl)c24)C3)c1. The second-order valence-corrected chi connectivity index (χ2v) is 10.4. The zero-order chi connectivity index (χ0) is 23.3. The Labute approximate surface area is 204 Å². The first-order chi connectivity index (χ1) is 16.5. The Morgan fingerprint density at radius 3 is 2.62 bits per heavy atom. The molecular weight excluding hydrogens is 444 g/mol. The maximum absolute atomic E-state index is 12.5. The molecule has 4 nitrogen and oxygen atoms in total. The predicted molar refractivity (Wildman–Crippen MR) is 137 cm³/mol. The van der Waals surface area contributed by atoms with Crippen LogP contribution in [0.2, 0.25) is 5.02 Å². The fraction of sp³-hybridized carbons (Fsp3) is 0.310. The molecule has 2 atom stereocenters. The summed E-state index contributed by atoms with van der Waals surface area (Å²) in [6, 6.07) is 24.0. The molecule has 1 aromatic heterocycles. The normalized spacial score (nSPS) is 24.6. The van der Waals surface area contributed by atoms with E-state index in [0.717, 1.165) is 58.7 Å². The van der Waals surface area contributed by atoms with Gasteiger partial charge in [-0.25, -0.2) is 0 Å². The van der Waals surface area contributed by atoms with E-state index in [1.165, 1.54) is 5.56 Å². The Balaban J connectivity index is 1.41. The molecule has 5 heteroatoms. The van der Waals surface area contributed by atoms with Crippen LogP contribution in [0, 0.1) is 0 Å². The van der Waals surface area contributed by atoms with E-state index in [1.54, 1.807) is 6.07 Å². The number of nitrogens with zero attached hydrogens (tertiary/aromatic N) is 1. The summed E-state index contributed by atoms with van der Waals surface area (Å²) >= 11 is 6.63. The molecule has 6 rings (SSSR count). The van der Waals surface area contributed by atoms with Gasteiger partial charge in [0.15, 0.2) is 0 Å². The van der Waals surface area contributed by atoms with Crippen LogP contribution in [0.3, 0.4) is 0 Å². The van der Waals surface area contributed by atoms with Gasteiger partial charge in [-0.05, 0) is 60.3 Å². The Morgan fingerprint density at radius 2 is 1.79 bits per heavy atom. The van der Waals surface area contributed by atoms with Gasteiger partial charge in [0.2, 0.25) is 0 Å². The summed E-state index contributed by atoms with van der Waals surface area (Å²) in [5.41, 5.74) is 4.16. The first-order valence-corrected chi connectivity index (χ1v) is 12.4. The molecule has 174 valence electrons. The number of hydrogen-bond donors (Lipinski definition) is 3. The lowest BCUT2D eigenvalue weighted by atomic mass is 9.56. The number of fused-ring (bicyclic) bond motifs is 4. The van der Waals surface area contributed by atoms with E-state index < -0.39 is 11.0 Å². The molecule has 0 radical (unpaired) electrons. The van der Waals surface area contributed by atoms with Crippen LogP contribution >= 0.6 is 11.6 Å². The van der Waals surface area contributed by atoms with Crippen LogP contribution in [-0.2, 0) is 24.7 Å². The van der Waals surface area contributed by atoms with Crippen LogP contribution in [0.4, 0.5) is 0 Å². The number of phenolic OH excluding ortho intramolecular Hbond substituents is 1. The summed E-state index contributed by atoms with van der Waals surface area (Å²) in [6.45, 7) is 2.40.